The molecule has 0 aliphatic rings. The molecule has 1 amide bonds. The molecular weight excluding hydrogens is 948 g/mol. The number of nitrogens with zero attached hydrogens (tertiary/aromatic N) is 1. The predicted octanol–water partition coefficient (Wildman–Crippen LogP) is 20.5. The summed E-state index contributed by atoms with van der Waals surface area (Å²) in [4.78, 5) is 23.3. The normalized spacial score (nSPS) is 14.0. The largest absolute Gasteiger partial charge is 0.472 e. The molecule has 75 heavy (non-hydrogen) atoms. The Labute approximate surface area is 467 Å². The summed E-state index contributed by atoms with van der Waals surface area (Å²) < 4.78 is 23.8. The Bertz CT molecular complexity index is 1320. The first-order chi connectivity index (χ1) is 36.5. The topological polar surface area (TPSA) is 105 Å². The van der Waals surface area contributed by atoms with Crippen LogP contribution in [-0.2, 0) is 18.4 Å². The minimum atomic E-state index is -4.32. The van der Waals surface area contributed by atoms with Crippen LogP contribution in [0.5, 0.6) is 0 Å². The Morgan fingerprint density at radius 1 is 0.453 bits per heavy atom. The van der Waals surface area contributed by atoms with E-state index in [-0.39, 0.29) is 19.1 Å². The average Bonchev–Trinajstić information content (AvgIpc) is 3.37. The number of aliphatic hydroxyl groups is 1. The number of quaternary nitrogens is 1. The molecule has 0 aromatic carbocycles. The number of hydrogen-bond donors (Lipinski definition) is 3. The van der Waals surface area contributed by atoms with Crippen molar-refractivity contribution in [3.63, 3.8) is 0 Å². The summed E-state index contributed by atoms with van der Waals surface area (Å²) in [6, 6.07) is -0.757. The number of unbranched alkanes of at least 4 members (excludes halogenated alkanes) is 42. The molecule has 3 unspecified atom stereocenters. The van der Waals surface area contributed by atoms with Gasteiger partial charge in [-0.3, -0.25) is 13.8 Å². The van der Waals surface area contributed by atoms with E-state index >= 15 is 0 Å². The Hall–Kier alpha value is -1.28. The fraction of sp³-hybridized carbons (Fsp3) is 0.894. The molecule has 0 heterocycles. The summed E-state index contributed by atoms with van der Waals surface area (Å²) in [6.45, 7) is 4.90. The van der Waals surface area contributed by atoms with Crippen molar-refractivity contribution in [2.75, 3.05) is 40.9 Å². The number of allylic oxidation sites excluding steroid dienone is 6. The van der Waals surface area contributed by atoms with Crippen LogP contribution in [0.15, 0.2) is 36.5 Å². The van der Waals surface area contributed by atoms with E-state index in [4.69, 9.17) is 9.05 Å². The molecule has 8 nitrogen and oxygen atoms in total. The fourth-order valence-electron chi connectivity index (χ4n) is 10.00. The molecule has 0 saturated carbocycles. The van der Waals surface area contributed by atoms with Gasteiger partial charge in [-0.15, -0.1) is 0 Å². The lowest BCUT2D eigenvalue weighted by atomic mass is 10.0. The highest BCUT2D eigenvalue weighted by Crippen LogP contribution is 2.43. The molecule has 0 rings (SSSR count). The monoisotopic (exact) mass is 1080 g/mol. The van der Waals surface area contributed by atoms with Crippen LogP contribution in [0.1, 0.15) is 328 Å². The second-order valence-electron chi connectivity index (χ2n) is 23.9. The first-order valence-electron chi connectivity index (χ1n) is 32.9. The van der Waals surface area contributed by atoms with Crippen molar-refractivity contribution in [2.24, 2.45) is 0 Å². The van der Waals surface area contributed by atoms with Gasteiger partial charge in [-0.05, 0) is 51.4 Å². The van der Waals surface area contributed by atoms with Crippen molar-refractivity contribution in [1.82, 2.24) is 5.32 Å². The molecule has 3 atom stereocenters. The van der Waals surface area contributed by atoms with Crippen LogP contribution in [-0.4, -0.2) is 73.4 Å². The Morgan fingerprint density at radius 2 is 0.760 bits per heavy atom. The number of likely N-dealkylation sites (N-methyl/N-ethyl adjacent to an activating group) is 1. The number of amides is 1. The van der Waals surface area contributed by atoms with Gasteiger partial charge in [-0.1, -0.05) is 307 Å². The lowest BCUT2D eigenvalue weighted by Crippen LogP contribution is -2.46. The Kier molecular flexibility index (Phi) is 56.4. The number of phosphoric ester groups is 1. The highest BCUT2D eigenvalue weighted by Gasteiger charge is 2.28. The maximum atomic E-state index is 13.0. The van der Waals surface area contributed by atoms with E-state index in [1.807, 2.05) is 21.1 Å². The van der Waals surface area contributed by atoms with Gasteiger partial charge >= 0.3 is 7.82 Å². The van der Waals surface area contributed by atoms with Gasteiger partial charge in [0, 0.05) is 6.42 Å². The maximum absolute atomic E-state index is 13.0. The van der Waals surface area contributed by atoms with E-state index in [9.17, 15) is 19.4 Å². The van der Waals surface area contributed by atoms with Gasteiger partial charge < -0.3 is 19.8 Å². The van der Waals surface area contributed by atoms with E-state index in [1.165, 1.54) is 250 Å². The van der Waals surface area contributed by atoms with Crippen LogP contribution in [0.2, 0.25) is 0 Å². The SMILES string of the molecule is CCCCCCC/C=C\C/C=C\C/C=C\CCCCCCCCCCCCCCCCCCCCCCCCCCCCC(=O)NC(COP(=O)(O)OCC[N+](C)(C)C)C(O)CCCCCCCCCCCCCC. The molecule has 0 radical (unpaired) electrons. The molecule has 444 valence electrons. The van der Waals surface area contributed by atoms with E-state index in [0.29, 0.717) is 23.9 Å². The predicted molar refractivity (Wildman–Crippen MR) is 328 cm³/mol. The summed E-state index contributed by atoms with van der Waals surface area (Å²) in [6.07, 6.45) is 75.4. The minimum Gasteiger partial charge on any atom is -0.391 e. The lowest BCUT2D eigenvalue weighted by molar-refractivity contribution is -0.870. The molecule has 0 spiro atoms. The van der Waals surface area contributed by atoms with Crippen LogP contribution < -0.4 is 5.32 Å². The quantitative estimate of drug-likeness (QED) is 0.0243. The van der Waals surface area contributed by atoms with Crippen LogP contribution >= 0.6 is 7.82 Å². The number of aliphatic hydroxyl groups excluding tert-OH is 1. The summed E-state index contributed by atoms with van der Waals surface area (Å²) in [5, 5.41) is 14.0. The second-order valence-corrected chi connectivity index (χ2v) is 25.3. The van der Waals surface area contributed by atoms with Crippen molar-refractivity contribution < 1.29 is 32.9 Å². The van der Waals surface area contributed by atoms with E-state index in [1.54, 1.807) is 0 Å². The van der Waals surface area contributed by atoms with E-state index in [2.05, 4.69) is 55.6 Å². The fourth-order valence-corrected chi connectivity index (χ4v) is 10.7. The van der Waals surface area contributed by atoms with Gasteiger partial charge in [-0.2, -0.15) is 0 Å². The summed E-state index contributed by atoms with van der Waals surface area (Å²) in [7, 11) is 1.63. The highest BCUT2D eigenvalue weighted by atomic mass is 31.2. The number of nitrogens with one attached hydrogen (secondary N) is 1. The van der Waals surface area contributed by atoms with Crippen molar-refractivity contribution >= 4 is 13.7 Å². The Morgan fingerprint density at radius 3 is 1.11 bits per heavy atom. The molecule has 0 bridgehead atoms. The van der Waals surface area contributed by atoms with E-state index in [0.717, 1.165) is 51.4 Å². The van der Waals surface area contributed by atoms with Gasteiger partial charge in [0.05, 0.1) is 39.9 Å². The van der Waals surface area contributed by atoms with Gasteiger partial charge in [0.1, 0.15) is 13.2 Å². The summed E-state index contributed by atoms with van der Waals surface area (Å²) in [5.74, 6) is -0.139. The molecule has 0 aromatic heterocycles. The van der Waals surface area contributed by atoms with Crippen molar-refractivity contribution in [3.05, 3.63) is 36.5 Å². The molecule has 0 saturated heterocycles. The number of carbonyl (C=O) groups excluding carboxylic acids is 1. The molecule has 9 heteroatoms. The Balaban J connectivity index is 3.80. The molecular formula is C66H130N2O6P+. The molecule has 0 fully saturated rings. The highest BCUT2D eigenvalue weighted by molar-refractivity contribution is 7.47. The van der Waals surface area contributed by atoms with Gasteiger partial charge in [0.2, 0.25) is 5.91 Å². The second kappa shape index (κ2) is 57.4. The zero-order chi connectivity index (χ0) is 54.9. The maximum Gasteiger partial charge on any atom is 0.472 e. The average molecular weight is 1080 g/mol. The van der Waals surface area contributed by atoms with Gasteiger partial charge in [0.15, 0.2) is 0 Å². The van der Waals surface area contributed by atoms with Crippen LogP contribution in [0.3, 0.4) is 0 Å². The summed E-state index contributed by atoms with van der Waals surface area (Å²) >= 11 is 0. The third-order valence-corrected chi connectivity index (χ3v) is 16.1. The van der Waals surface area contributed by atoms with Crippen molar-refractivity contribution in [2.45, 2.75) is 341 Å². The molecule has 0 aliphatic carbocycles. The first kappa shape index (κ1) is 73.7. The number of phosphoric acid groups is 1. The smallest absolute Gasteiger partial charge is 0.391 e. The molecule has 0 aliphatic heterocycles. The van der Waals surface area contributed by atoms with Crippen LogP contribution in [0.25, 0.3) is 0 Å². The third kappa shape index (κ3) is 60.2. The number of hydrogen-bond acceptors (Lipinski definition) is 5. The van der Waals surface area contributed by atoms with Crippen LogP contribution in [0, 0.1) is 0 Å². The zero-order valence-electron chi connectivity index (χ0n) is 50.8. The van der Waals surface area contributed by atoms with Gasteiger partial charge in [-0.25, -0.2) is 4.57 Å². The van der Waals surface area contributed by atoms with Crippen LogP contribution in [0.4, 0.5) is 0 Å². The first-order valence-corrected chi connectivity index (χ1v) is 34.3. The third-order valence-electron chi connectivity index (χ3n) is 15.1. The molecule has 3 N–H and O–H groups in total. The van der Waals surface area contributed by atoms with Crippen molar-refractivity contribution in [1.29, 1.82) is 0 Å². The standard InChI is InChI=1S/C66H129N2O6P/c1-6-8-10-12-14-16-18-20-21-22-23-24-25-26-27-28-29-30-31-32-33-34-35-36-37-38-39-40-41-42-43-44-45-46-47-48-50-52-54-56-58-60-66(70)67-64(63-74-75(71,72)73-62-61-68(3,4)5)65(69)59-57-55-53-51-49-19-17-15-13-11-9-7-2/h18,20,22-23,25-26,64-65,69H,6-17,19,21,24,27-63H2,1-5H3,(H-,67,70,71,72)/p+1/b20-18-,23-22-,26-25-. The van der Waals surface area contributed by atoms with Crippen molar-refractivity contribution in [3.8, 4) is 0 Å². The molecule has 0 aromatic rings. The lowest BCUT2D eigenvalue weighted by Gasteiger charge is -2.26. The minimum absolute atomic E-state index is 0.0770. The number of carbonyl (C=O) groups is 1. The van der Waals surface area contributed by atoms with Gasteiger partial charge in [0.25, 0.3) is 0 Å². The zero-order valence-corrected chi connectivity index (χ0v) is 51.7. The van der Waals surface area contributed by atoms with E-state index < -0.39 is 20.0 Å². The number of rotatable bonds is 61. The summed E-state index contributed by atoms with van der Waals surface area (Å²) in [5.41, 5.74) is 0.